The van der Waals surface area contributed by atoms with Crippen molar-refractivity contribution in [2.45, 2.75) is 31.3 Å². The minimum Gasteiger partial charge on any atom is -0.493 e. The molecule has 1 saturated heterocycles. The fourth-order valence-corrected chi connectivity index (χ4v) is 2.97. The topological polar surface area (TPSA) is 49.8 Å². The highest BCUT2D eigenvalue weighted by molar-refractivity contribution is 5.85. The Morgan fingerprint density at radius 2 is 2.16 bits per heavy atom. The van der Waals surface area contributed by atoms with Crippen molar-refractivity contribution >= 4 is 5.91 Å². The van der Waals surface area contributed by atoms with E-state index in [1.54, 1.807) is 4.90 Å². The van der Waals surface area contributed by atoms with Crippen LogP contribution in [0.2, 0.25) is 0 Å². The summed E-state index contributed by atoms with van der Waals surface area (Å²) in [6.45, 7) is 1.82. The van der Waals surface area contributed by atoms with Crippen LogP contribution < -0.4 is 4.74 Å². The molecule has 2 aliphatic heterocycles. The summed E-state index contributed by atoms with van der Waals surface area (Å²) >= 11 is 0. The Bertz CT molecular complexity index is 474. The first-order valence-corrected chi connectivity index (χ1v) is 6.94. The van der Waals surface area contributed by atoms with Gasteiger partial charge < -0.3 is 14.7 Å². The van der Waals surface area contributed by atoms with E-state index in [4.69, 9.17) is 4.74 Å². The van der Waals surface area contributed by atoms with E-state index >= 15 is 0 Å². The van der Waals surface area contributed by atoms with Crippen molar-refractivity contribution in [1.29, 1.82) is 0 Å². The summed E-state index contributed by atoms with van der Waals surface area (Å²) in [5, 5.41) is 9.70. The second-order valence-corrected chi connectivity index (χ2v) is 5.31. The number of carbonyl (C=O) groups is 1. The Hall–Kier alpha value is -1.55. The summed E-state index contributed by atoms with van der Waals surface area (Å²) in [6, 6.07) is 7.76. The molecule has 102 valence electrons. The van der Waals surface area contributed by atoms with Crippen LogP contribution in [0.4, 0.5) is 0 Å². The number of piperidine rings is 1. The number of aliphatic hydroxyl groups is 1. The number of ether oxygens (including phenoxy) is 1. The van der Waals surface area contributed by atoms with Gasteiger partial charge >= 0.3 is 0 Å². The molecule has 3 rings (SSSR count). The predicted octanol–water partition coefficient (Wildman–Crippen LogP) is 1.54. The summed E-state index contributed by atoms with van der Waals surface area (Å²) in [4.78, 5) is 14.4. The number of para-hydroxylation sites is 1. The maximum atomic E-state index is 12.6. The fraction of sp³-hybridized carbons (Fsp3) is 0.533. The van der Waals surface area contributed by atoms with Crippen LogP contribution in [0, 0.1) is 0 Å². The van der Waals surface area contributed by atoms with Crippen molar-refractivity contribution in [3.8, 4) is 5.75 Å². The molecule has 2 atom stereocenters. The van der Waals surface area contributed by atoms with Crippen LogP contribution in [0.1, 0.15) is 30.7 Å². The molecule has 0 aliphatic carbocycles. The highest BCUT2D eigenvalue weighted by Crippen LogP contribution is 2.35. The number of hydrogen-bond donors (Lipinski definition) is 1. The molecule has 2 unspecified atom stereocenters. The zero-order valence-electron chi connectivity index (χ0n) is 10.9. The van der Waals surface area contributed by atoms with Gasteiger partial charge in [0.2, 0.25) is 5.91 Å². The number of amides is 1. The normalized spacial score (nSPS) is 26.5. The number of hydrogen-bond acceptors (Lipinski definition) is 3. The van der Waals surface area contributed by atoms with Crippen LogP contribution in [-0.4, -0.2) is 41.7 Å². The number of nitrogens with zero attached hydrogens (tertiary/aromatic N) is 1. The van der Waals surface area contributed by atoms with E-state index in [0.717, 1.165) is 37.1 Å². The minimum atomic E-state index is -0.368. The van der Waals surface area contributed by atoms with E-state index in [1.807, 2.05) is 24.3 Å². The Labute approximate surface area is 113 Å². The second-order valence-electron chi connectivity index (χ2n) is 5.31. The molecule has 2 heterocycles. The van der Waals surface area contributed by atoms with Crippen molar-refractivity contribution in [1.82, 2.24) is 4.90 Å². The van der Waals surface area contributed by atoms with E-state index in [2.05, 4.69) is 0 Å². The molecular formula is C15H19NO3. The maximum Gasteiger partial charge on any atom is 0.230 e. The Kier molecular flexibility index (Phi) is 3.42. The van der Waals surface area contributed by atoms with Crippen molar-refractivity contribution in [3.05, 3.63) is 29.8 Å². The average Bonchev–Trinajstić information content (AvgIpc) is 2.46. The van der Waals surface area contributed by atoms with Gasteiger partial charge in [-0.15, -0.1) is 0 Å². The van der Waals surface area contributed by atoms with Crippen LogP contribution in [0.25, 0.3) is 0 Å². The third-order valence-corrected chi connectivity index (χ3v) is 3.96. The molecule has 1 aromatic rings. The highest BCUT2D eigenvalue weighted by atomic mass is 16.5. The molecule has 1 aromatic carbocycles. The summed E-state index contributed by atoms with van der Waals surface area (Å²) in [5.74, 6) is 0.842. The van der Waals surface area contributed by atoms with Gasteiger partial charge in [-0.05, 0) is 25.3 Å². The standard InChI is InChI=1S/C15H19NO3/c17-11-4-3-8-16(10-11)15(18)13-7-9-19-14-6-2-1-5-12(13)14/h1-2,5-6,11,13,17H,3-4,7-10H2. The summed E-state index contributed by atoms with van der Waals surface area (Å²) in [6.07, 6.45) is 2.04. The van der Waals surface area contributed by atoms with Crippen molar-refractivity contribution in [2.75, 3.05) is 19.7 Å². The van der Waals surface area contributed by atoms with E-state index in [-0.39, 0.29) is 17.9 Å². The van der Waals surface area contributed by atoms with Crippen LogP contribution in [-0.2, 0) is 4.79 Å². The van der Waals surface area contributed by atoms with Crippen LogP contribution in [0.5, 0.6) is 5.75 Å². The molecule has 0 aromatic heterocycles. The summed E-state index contributed by atoms with van der Waals surface area (Å²) in [7, 11) is 0. The van der Waals surface area contributed by atoms with Gasteiger partial charge in [0.25, 0.3) is 0 Å². The summed E-state index contributed by atoms with van der Waals surface area (Å²) < 4.78 is 5.59. The monoisotopic (exact) mass is 261 g/mol. The third-order valence-electron chi connectivity index (χ3n) is 3.96. The largest absolute Gasteiger partial charge is 0.493 e. The lowest BCUT2D eigenvalue weighted by Gasteiger charge is -2.34. The number of aliphatic hydroxyl groups excluding tert-OH is 1. The Morgan fingerprint density at radius 1 is 1.32 bits per heavy atom. The molecule has 1 fully saturated rings. The van der Waals surface area contributed by atoms with Gasteiger partial charge in [-0.3, -0.25) is 4.79 Å². The predicted molar refractivity (Wildman–Crippen MR) is 71.1 cm³/mol. The molecule has 1 N–H and O–H groups in total. The van der Waals surface area contributed by atoms with Gasteiger partial charge in [0.15, 0.2) is 0 Å². The molecule has 19 heavy (non-hydrogen) atoms. The SMILES string of the molecule is O=C(C1CCOc2ccccc21)N1CCCC(O)C1. The molecule has 4 heteroatoms. The molecule has 0 bridgehead atoms. The first-order valence-electron chi connectivity index (χ1n) is 6.94. The molecule has 1 amide bonds. The average molecular weight is 261 g/mol. The van der Waals surface area contributed by atoms with Gasteiger partial charge in [0.1, 0.15) is 5.75 Å². The van der Waals surface area contributed by atoms with Crippen molar-refractivity contribution in [2.24, 2.45) is 0 Å². The smallest absolute Gasteiger partial charge is 0.230 e. The van der Waals surface area contributed by atoms with Crippen LogP contribution in [0.15, 0.2) is 24.3 Å². The molecule has 2 aliphatic rings. The lowest BCUT2D eigenvalue weighted by Crippen LogP contribution is -2.45. The van der Waals surface area contributed by atoms with E-state index in [0.29, 0.717) is 13.2 Å². The highest BCUT2D eigenvalue weighted by Gasteiger charge is 2.32. The van der Waals surface area contributed by atoms with Gasteiger partial charge in [0, 0.05) is 18.7 Å². The molecule has 0 spiro atoms. The van der Waals surface area contributed by atoms with E-state index in [9.17, 15) is 9.90 Å². The molecular weight excluding hydrogens is 242 g/mol. The number of rotatable bonds is 1. The lowest BCUT2D eigenvalue weighted by atomic mass is 9.91. The zero-order chi connectivity index (χ0) is 13.2. The lowest BCUT2D eigenvalue weighted by molar-refractivity contribution is -0.136. The maximum absolute atomic E-state index is 12.6. The summed E-state index contributed by atoms with van der Waals surface area (Å²) in [5.41, 5.74) is 0.985. The third kappa shape index (κ3) is 2.45. The van der Waals surface area contributed by atoms with E-state index in [1.165, 1.54) is 0 Å². The number of benzene rings is 1. The van der Waals surface area contributed by atoms with Gasteiger partial charge in [-0.25, -0.2) is 0 Å². The van der Waals surface area contributed by atoms with Crippen molar-refractivity contribution in [3.63, 3.8) is 0 Å². The van der Waals surface area contributed by atoms with E-state index < -0.39 is 0 Å². The quantitative estimate of drug-likeness (QED) is 0.834. The number of likely N-dealkylation sites (tertiary alicyclic amines) is 1. The number of β-amino-alcohol motifs (C(OH)–C–C–N with tert-alkyl or cyclic N) is 1. The van der Waals surface area contributed by atoms with Gasteiger partial charge in [0.05, 0.1) is 18.6 Å². The Morgan fingerprint density at radius 3 is 3.00 bits per heavy atom. The number of carbonyl (C=O) groups excluding carboxylic acids is 1. The first-order chi connectivity index (χ1) is 9.25. The fourth-order valence-electron chi connectivity index (χ4n) is 2.97. The Balaban J connectivity index is 1.81. The zero-order valence-corrected chi connectivity index (χ0v) is 10.9. The van der Waals surface area contributed by atoms with Crippen LogP contribution in [0.3, 0.4) is 0 Å². The van der Waals surface area contributed by atoms with Gasteiger partial charge in [-0.2, -0.15) is 0 Å². The number of fused-ring (bicyclic) bond motifs is 1. The first kappa shape index (κ1) is 12.5. The minimum absolute atomic E-state index is 0.116. The molecule has 0 radical (unpaired) electrons. The molecule has 4 nitrogen and oxygen atoms in total. The second kappa shape index (κ2) is 5.21. The van der Waals surface area contributed by atoms with Crippen LogP contribution >= 0.6 is 0 Å². The van der Waals surface area contributed by atoms with Gasteiger partial charge in [-0.1, -0.05) is 18.2 Å². The molecule has 0 saturated carbocycles. The van der Waals surface area contributed by atoms with Crippen molar-refractivity contribution < 1.29 is 14.6 Å².